The number of aryl methyl sites for hydroxylation is 1. The zero-order valence-electron chi connectivity index (χ0n) is 18.1. The van der Waals surface area contributed by atoms with Gasteiger partial charge in [-0.25, -0.2) is 13.4 Å². The minimum atomic E-state index is -3.63. The number of sulfonamides is 1. The van der Waals surface area contributed by atoms with Crippen LogP contribution in [0.1, 0.15) is 38.5 Å². The molecule has 1 aromatic carbocycles. The number of benzene rings is 1. The Morgan fingerprint density at radius 3 is 2.94 bits per heavy atom. The zero-order valence-corrected chi connectivity index (χ0v) is 19.7. The van der Waals surface area contributed by atoms with E-state index in [9.17, 15) is 8.42 Å². The number of nitrogens with zero attached hydrogens (tertiary/aromatic N) is 4. The number of thiazole rings is 1. The first-order valence-electron chi connectivity index (χ1n) is 10.6. The number of rotatable bonds is 8. The van der Waals surface area contributed by atoms with E-state index in [4.69, 9.17) is 4.74 Å². The van der Waals surface area contributed by atoms with E-state index in [2.05, 4.69) is 29.2 Å². The highest BCUT2D eigenvalue weighted by molar-refractivity contribution is 7.89. The Morgan fingerprint density at radius 2 is 2.19 bits per heavy atom. The van der Waals surface area contributed by atoms with E-state index in [1.165, 1.54) is 15.6 Å². The summed E-state index contributed by atoms with van der Waals surface area (Å²) < 4.78 is 36.6. The summed E-state index contributed by atoms with van der Waals surface area (Å²) in [5.41, 5.74) is 1.68. The average Bonchev–Trinajstić information content (AvgIpc) is 3.38. The first-order chi connectivity index (χ1) is 14.9. The Kier molecular flexibility index (Phi) is 6.61. The highest BCUT2D eigenvalue weighted by Gasteiger charge is 2.32. The summed E-state index contributed by atoms with van der Waals surface area (Å²) in [7, 11) is -1.80. The van der Waals surface area contributed by atoms with Crippen molar-refractivity contribution < 1.29 is 13.2 Å². The molecule has 1 saturated heterocycles. The number of morpholine rings is 1. The second kappa shape index (κ2) is 9.23. The Bertz CT molecular complexity index is 1140. The molecule has 31 heavy (non-hydrogen) atoms. The van der Waals surface area contributed by atoms with Gasteiger partial charge >= 0.3 is 0 Å². The lowest BCUT2D eigenvalue weighted by Crippen LogP contribution is -2.42. The first kappa shape index (κ1) is 22.2. The zero-order chi connectivity index (χ0) is 22.0. The van der Waals surface area contributed by atoms with E-state index in [0.717, 1.165) is 40.4 Å². The summed E-state index contributed by atoms with van der Waals surface area (Å²) in [5.74, 6) is 0.669. The second-order valence-corrected chi connectivity index (χ2v) is 10.9. The third-order valence-electron chi connectivity index (χ3n) is 5.83. The van der Waals surface area contributed by atoms with E-state index in [1.807, 2.05) is 13.1 Å². The molecule has 8 nitrogen and oxygen atoms in total. The van der Waals surface area contributed by atoms with Crippen LogP contribution in [0.25, 0.3) is 10.2 Å². The van der Waals surface area contributed by atoms with Crippen molar-refractivity contribution in [2.75, 3.05) is 31.6 Å². The number of aromatic nitrogens is 3. The summed E-state index contributed by atoms with van der Waals surface area (Å²) in [4.78, 5) is 4.89. The van der Waals surface area contributed by atoms with E-state index in [-0.39, 0.29) is 12.6 Å². The van der Waals surface area contributed by atoms with Crippen LogP contribution in [0.3, 0.4) is 0 Å². The molecule has 3 heterocycles. The van der Waals surface area contributed by atoms with Crippen LogP contribution in [0.15, 0.2) is 35.4 Å². The minimum Gasteiger partial charge on any atom is -0.369 e. The van der Waals surface area contributed by atoms with Gasteiger partial charge in [0.25, 0.3) is 0 Å². The molecule has 2 atom stereocenters. The van der Waals surface area contributed by atoms with E-state index in [1.54, 1.807) is 29.1 Å². The van der Waals surface area contributed by atoms with Crippen LogP contribution in [-0.2, 0) is 21.8 Å². The highest BCUT2D eigenvalue weighted by atomic mass is 32.2. The van der Waals surface area contributed by atoms with Crippen molar-refractivity contribution in [3.8, 4) is 0 Å². The molecule has 0 radical (unpaired) electrons. The lowest BCUT2D eigenvalue weighted by atomic mass is 10.1. The molecular formula is C21H29N5O3S2. The molecule has 0 saturated carbocycles. The maximum atomic E-state index is 13.3. The maximum absolute atomic E-state index is 13.3. The van der Waals surface area contributed by atoms with Gasteiger partial charge in [0.2, 0.25) is 10.0 Å². The molecule has 0 spiro atoms. The van der Waals surface area contributed by atoms with Gasteiger partial charge in [0, 0.05) is 32.9 Å². The summed E-state index contributed by atoms with van der Waals surface area (Å²) >= 11 is 1.49. The van der Waals surface area contributed by atoms with Crippen molar-refractivity contribution in [2.45, 2.75) is 37.7 Å². The van der Waals surface area contributed by atoms with E-state index >= 15 is 0 Å². The molecule has 0 amide bonds. The Balaban J connectivity index is 1.51. The molecule has 1 aliphatic heterocycles. The molecular weight excluding hydrogens is 434 g/mol. The first-order valence-corrected chi connectivity index (χ1v) is 12.9. The van der Waals surface area contributed by atoms with Crippen LogP contribution in [0.4, 0.5) is 5.13 Å². The number of ether oxygens (including phenoxy) is 1. The number of hydrogen-bond donors (Lipinski definition) is 1. The number of hydrogen-bond acceptors (Lipinski definition) is 7. The topological polar surface area (TPSA) is 89.3 Å². The van der Waals surface area contributed by atoms with Crippen LogP contribution >= 0.6 is 11.3 Å². The molecule has 1 N–H and O–H groups in total. The average molecular weight is 464 g/mol. The maximum Gasteiger partial charge on any atom is 0.243 e. The summed E-state index contributed by atoms with van der Waals surface area (Å²) in [6.07, 6.45) is 3.61. The molecule has 1 aliphatic rings. The van der Waals surface area contributed by atoms with Gasteiger partial charge in [-0.3, -0.25) is 4.68 Å². The molecule has 0 aliphatic carbocycles. The molecule has 2 aromatic heterocycles. The minimum absolute atomic E-state index is 0.269. The predicted molar refractivity (Wildman–Crippen MR) is 123 cm³/mol. The quantitative estimate of drug-likeness (QED) is 0.549. The van der Waals surface area contributed by atoms with E-state index < -0.39 is 10.0 Å². The second-order valence-electron chi connectivity index (χ2n) is 7.98. The van der Waals surface area contributed by atoms with Gasteiger partial charge in [0.05, 0.1) is 27.4 Å². The smallest absolute Gasteiger partial charge is 0.243 e. The van der Waals surface area contributed by atoms with Gasteiger partial charge in [-0.2, -0.15) is 9.40 Å². The molecule has 3 aromatic rings. The van der Waals surface area contributed by atoms with Crippen LogP contribution in [0.5, 0.6) is 0 Å². The molecule has 1 fully saturated rings. The van der Waals surface area contributed by atoms with Crippen molar-refractivity contribution in [3.63, 3.8) is 0 Å². The van der Waals surface area contributed by atoms with Crippen molar-refractivity contribution in [2.24, 2.45) is 13.0 Å². The third kappa shape index (κ3) is 4.77. The SMILES string of the molecule is CCC(C)CCNc1nc2ccc(S(=O)(=O)N3CCOC(c4ccnn4C)C3)cc2s1. The molecule has 10 heteroatoms. The predicted octanol–water partition coefficient (Wildman–Crippen LogP) is 3.64. The Labute approximate surface area is 187 Å². The fourth-order valence-electron chi connectivity index (χ4n) is 3.64. The molecule has 4 rings (SSSR count). The number of anilines is 1. The summed E-state index contributed by atoms with van der Waals surface area (Å²) in [6.45, 7) is 6.25. The van der Waals surface area contributed by atoms with Crippen LogP contribution in [-0.4, -0.2) is 53.7 Å². The van der Waals surface area contributed by atoms with Crippen molar-refractivity contribution in [3.05, 3.63) is 36.2 Å². The monoisotopic (exact) mass is 463 g/mol. The lowest BCUT2D eigenvalue weighted by molar-refractivity contribution is -0.00693. The summed E-state index contributed by atoms with van der Waals surface area (Å²) in [5, 5.41) is 8.37. The van der Waals surface area contributed by atoms with Gasteiger partial charge < -0.3 is 10.1 Å². The van der Waals surface area contributed by atoms with E-state index in [0.29, 0.717) is 24.0 Å². The van der Waals surface area contributed by atoms with Crippen molar-refractivity contribution in [1.82, 2.24) is 19.1 Å². The van der Waals surface area contributed by atoms with Crippen LogP contribution in [0, 0.1) is 5.92 Å². The van der Waals surface area contributed by atoms with Crippen molar-refractivity contribution in [1.29, 1.82) is 0 Å². The number of fused-ring (bicyclic) bond motifs is 1. The summed E-state index contributed by atoms with van der Waals surface area (Å²) in [6, 6.07) is 7.03. The third-order valence-corrected chi connectivity index (χ3v) is 8.66. The van der Waals surface area contributed by atoms with Gasteiger partial charge in [-0.1, -0.05) is 31.6 Å². The number of nitrogens with one attached hydrogen (secondary N) is 1. The van der Waals surface area contributed by atoms with Crippen LogP contribution in [0.2, 0.25) is 0 Å². The van der Waals surface area contributed by atoms with Crippen LogP contribution < -0.4 is 5.32 Å². The molecule has 2 unspecified atom stereocenters. The fraction of sp³-hybridized carbons (Fsp3) is 0.524. The van der Waals surface area contributed by atoms with Gasteiger partial charge in [-0.15, -0.1) is 0 Å². The molecule has 168 valence electrons. The fourth-order valence-corrected chi connectivity index (χ4v) is 6.10. The van der Waals surface area contributed by atoms with Gasteiger partial charge in [0.15, 0.2) is 5.13 Å². The standard InChI is InChI=1S/C21H29N5O3S2/c1-4-15(2)7-9-22-21-24-17-6-5-16(13-20(17)30-21)31(27,28)26-11-12-29-19(14-26)18-8-10-23-25(18)3/h5-6,8,10,13,15,19H,4,7,9,11-12,14H2,1-3H3,(H,22,24). The molecule has 0 bridgehead atoms. The normalized spacial score (nSPS) is 19.0. The Morgan fingerprint density at radius 1 is 1.35 bits per heavy atom. The highest BCUT2D eigenvalue weighted by Crippen LogP contribution is 2.31. The lowest BCUT2D eigenvalue weighted by Gasteiger charge is -2.32. The van der Waals surface area contributed by atoms with Crippen molar-refractivity contribution >= 4 is 36.7 Å². The van der Waals surface area contributed by atoms with Gasteiger partial charge in [0.1, 0.15) is 6.10 Å². The Hall–Kier alpha value is -2.01. The largest absolute Gasteiger partial charge is 0.369 e. The van der Waals surface area contributed by atoms with Gasteiger partial charge in [-0.05, 0) is 36.6 Å².